The molecule has 124 valence electrons. The average molecular weight is 325 g/mol. The molecule has 1 saturated heterocycles. The minimum atomic E-state index is 0.167. The molecule has 0 saturated carbocycles. The summed E-state index contributed by atoms with van der Waals surface area (Å²) in [5, 5.41) is 9.93. The van der Waals surface area contributed by atoms with Crippen LogP contribution in [-0.2, 0) is 6.54 Å². The Balaban J connectivity index is 1.73. The number of rotatable bonds is 7. The van der Waals surface area contributed by atoms with Gasteiger partial charge in [0.15, 0.2) is 0 Å². The lowest BCUT2D eigenvalue weighted by Crippen LogP contribution is -2.34. The largest absolute Gasteiger partial charge is 0.506 e. The quantitative estimate of drug-likeness (QED) is 0.821. The maximum atomic E-state index is 9.48. The van der Waals surface area contributed by atoms with Crippen molar-refractivity contribution in [2.45, 2.75) is 39.7 Å². The van der Waals surface area contributed by atoms with Crippen LogP contribution in [0, 0.1) is 5.92 Å². The van der Waals surface area contributed by atoms with Crippen molar-refractivity contribution in [3.63, 3.8) is 0 Å². The summed E-state index contributed by atoms with van der Waals surface area (Å²) in [5.41, 5.74) is 1.18. The van der Waals surface area contributed by atoms with Gasteiger partial charge in [0.25, 0.3) is 0 Å². The van der Waals surface area contributed by atoms with Gasteiger partial charge in [-0.25, -0.2) is 0 Å². The van der Waals surface area contributed by atoms with E-state index in [-0.39, 0.29) is 5.75 Å². The number of likely N-dealkylation sites (tertiary alicyclic amines) is 1. The summed E-state index contributed by atoms with van der Waals surface area (Å²) in [7, 11) is 0. The van der Waals surface area contributed by atoms with Crippen molar-refractivity contribution in [3.8, 4) is 5.75 Å². The summed E-state index contributed by atoms with van der Waals surface area (Å²) >= 11 is 5.98. The number of phenolic OH excluding ortho intramolecular Hbond substituents is 1. The Morgan fingerprint density at radius 1 is 1.23 bits per heavy atom. The topological polar surface area (TPSA) is 26.7 Å². The van der Waals surface area contributed by atoms with Gasteiger partial charge in [-0.05, 0) is 75.6 Å². The van der Waals surface area contributed by atoms with Crippen LogP contribution in [0.4, 0.5) is 0 Å². The van der Waals surface area contributed by atoms with Gasteiger partial charge in [-0.1, -0.05) is 31.5 Å². The second-order valence-corrected chi connectivity index (χ2v) is 6.73. The molecule has 0 atom stereocenters. The lowest BCUT2D eigenvalue weighted by molar-refractivity contribution is 0.160. The molecule has 0 aliphatic carbocycles. The summed E-state index contributed by atoms with van der Waals surface area (Å²) < 4.78 is 0. The van der Waals surface area contributed by atoms with E-state index < -0.39 is 0 Å². The predicted molar refractivity (Wildman–Crippen MR) is 93.5 cm³/mol. The molecule has 2 rings (SSSR count). The van der Waals surface area contributed by atoms with Gasteiger partial charge in [-0.2, -0.15) is 0 Å². The molecule has 1 aromatic rings. The van der Waals surface area contributed by atoms with Crippen LogP contribution < -0.4 is 0 Å². The first kappa shape index (κ1) is 17.6. The van der Waals surface area contributed by atoms with Gasteiger partial charge in [-0.15, -0.1) is 0 Å². The van der Waals surface area contributed by atoms with E-state index in [1.54, 1.807) is 6.07 Å². The van der Waals surface area contributed by atoms with Gasteiger partial charge in [0.05, 0.1) is 5.02 Å². The van der Waals surface area contributed by atoms with Gasteiger partial charge >= 0.3 is 0 Å². The lowest BCUT2D eigenvalue weighted by atomic mass is 9.93. The number of benzene rings is 1. The molecule has 1 aromatic carbocycles. The minimum Gasteiger partial charge on any atom is -0.506 e. The van der Waals surface area contributed by atoms with Crippen molar-refractivity contribution in [1.29, 1.82) is 0 Å². The standard InChI is InChI=1S/C18H29ClN2O/c1-3-20(4-2)10-7-15-8-11-21(12-9-15)14-16-5-6-18(22)17(19)13-16/h5-6,13,15,22H,3-4,7-12,14H2,1-2H3. The Bertz CT molecular complexity index is 454. The first-order valence-corrected chi connectivity index (χ1v) is 8.92. The van der Waals surface area contributed by atoms with Crippen molar-refractivity contribution < 1.29 is 5.11 Å². The summed E-state index contributed by atoms with van der Waals surface area (Å²) in [5.74, 6) is 1.04. The molecule has 1 aliphatic rings. The molecule has 1 N–H and O–H groups in total. The Morgan fingerprint density at radius 2 is 1.91 bits per heavy atom. The monoisotopic (exact) mass is 324 g/mol. The molecular formula is C18H29ClN2O. The molecular weight excluding hydrogens is 296 g/mol. The highest BCUT2D eigenvalue weighted by Gasteiger charge is 2.19. The molecule has 1 fully saturated rings. The molecule has 0 amide bonds. The van der Waals surface area contributed by atoms with E-state index in [9.17, 15) is 5.11 Å². The van der Waals surface area contributed by atoms with E-state index in [1.807, 2.05) is 12.1 Å². The summed E-state index contributed by atoms with van der Waals surface area (Å²) in [6.45, 7) is 11.3. The van der Waals surface area contributed by atoms with Crippen LogP contribution in [0.2, 0.25) is 5.02 Å². The fourth-order valence-electron chi connectivity index (χ4n) is 3.25. The highest BCUT2D eigenvalue weighted by molar-refractivity contribution is 6.32. The molecule has 1 aliphatic heterocycles. The molecule has 0 aromatic heterocycles. The van der Waals surface area contributed by atoms with Gasteiger partial charge in [-0.3, -0.25) is 4.90 Å². The fraction of sp³-hybridized carbons (Fsp3) is 0.667. The highest BCUT2D eigenvalue weighted by atomic mass is 35.5. The predicted octanol–water partition coefficient (Wildman–Crippen LogP) is 3.99. The van der Waals surface area contributed by atoms with Crippen LogP contribution in [0.3, 0.4) is 0 Å². The van der Waals surface area contributed by atoms with Gasteiger partial charge < -0.3 is 10.0 Å². The molecule has 0 bridgehead atoms. The first-order chi connectivity index (χ1) is 10.6. The smallest absolute Gasteiger partial charge is 0.134 e. The van der Waals surface area contributed by atoms with Crippen LogP contribution in [0.15, 0.2) is 18.2 Å². The molecule has 4 heteroatoms. The second kappa shape index (κ2) is 8.76. The van der Waals surface area contributed by atoms with Crippen LogP contribution in [0.1, 0.15) is 38.7 Å². The molecule has 0 unspecified atom stereocenters. The zero-order valence-electron chi connectivity index (χ0n) is 13.9. The zero-order chi connectivity index (χ0) is 15.9. The first-order valence-electron chi connectivity index (χ1n) is 8.54. The van der Waals surface area contributed by atoms with Gasteiger partial charge in [0.2, 0.25) is 0 Å². The summed E-state index contributed by atoms with van der Waals surface area (Å²) in [6.07, 6.45) is 3.93. The Hall–Kier alpha value is -0.770. The normalized spacial score (nSPS) is 17.3. The molecule has 1 heterocycles. The number of nitrogens with zero attached hydrogens (tertiary/aromatic N) is 2. The lowest BCUT2D eigenvalue weighted by Gasteiger charge is -2.33. The van der Waals surface area contributed by atoms with Crippen molar-refractivity contribution in [2.75, 3.05) is 32.7 Å². The van der Waals surface area contributed by atoms with Crippen LogP contribution >= 0.6 is 11.6 Å². The van der Waals surface area contributed by atoms with Crippen molar-refractivity contribution >= 4 is 11.6 Å². The second-order valence-electron chi connectivity index (χ2n) is 6.32. The van der Waals surface area contributed by atoms with E-state index in [0.29, 0.717) is 5.02 Å². The fourth-order valence-corrected chi connectivity index (χ4v) is 3.45. The SMILES string of the molecule is CCN(CC)CCC1CCN(Cc2ccc(O)c(Cl)c2)CC1. The Labute approximate surface area is 139 Å². The van der Waals surface area contributed by atoms with E-state index in [4.69, 9.17) is 11.6 Å². The molecule has 0 spiro atoms. The van der Waals surface area contributed by atoms with E-state index >= 15 is 0 Å². The maximum Gasteiger partial charge on any atom is 0.134 e. The van der Waals surface area contributed by atoms with E-state index in [2.05, 4.69) is 23.6 Å². The zero-order valence-corrected chi connectivity index (χ0v) is 14.6. The van der Waals surface area contributed by atoms with Crippen LogP contribution in [-0.4, -0.2) is 47.6 Å². The third-order valence-corrected chi connectivity index (χ3v) is 5.18. The van der Waals surface area contributed by atoms with Gasteiger partial charge in [0, 0.05) is 6.54 Å². The van der Waals surface area contributed by atoms with Crippen LogP contribution in [0.5, 0.6) is 5.75 Å². The molecule has 22 heavy (non-hydrogen) atoms. The third-order valence-electron chi connectivity index (χ3n) is 4.87. The minimum absolute atomic E-state index is 0.167. The molecule has 0 radical (unpaired) electrons. The van der Waals surface area contributed by atoms with Crippen LogP contribution in [0.25, 0.3) is 0 Å². The summed E-state index contributed by atoms with van der Waals surface area (Å²) in [4.78, 5) is 5.02. The highest BCUT2D eigenvalue weighted by Crippen LogP contribution is 2.26. The maximum absolute atomic E-state index is 9.48. The Kier molecular flexibility index (Phi) is 7.00. The van der Waals surface area contributed by atoms with Crippen molar-refractivity contribution in [1.82, 2.24) is 9.80 Å². The third kappa shape index (κ3) is 5.15. The number of phenols is 1. The van der Waals surface area contributed by atoms with E-state index in [1.165, 1.54) is 44.5 Å². The number of piperidine rings is 1. The number of hydrogen-bond acceptors (Lipinski definition) is 3. The Morgan fingerprint density at radius 3 is 2.50 bits per heavy atom. The van der Waals surface area contributed by atoms with Crippen molar-refractivity contribution in [2.24, 2.45) is 5.92 Å². The number of aromatic hydroxyl groups is 1. The molecule has 3 nitrogen and oxygen atoms in total. The van der Waals surface area contributed by atoms with Gasteiger partial charge in [0.1, 0.15) is 5.75 Å². The number of halogens is 1. The average Bonchev–Trinajstić information content (AvgIpc) is 2.53. The van der Waals surface area contributed by atoms with Crippen molar-refractivity contribution in [3.05, 3.63) is 28.8 Å². The van der Waals surface area contributed by atoms with E-state index in [0.717, 1.165) is 25.6 Å². The number of hydrogen-bond donors (Lipinski definition) is 1. The summed E-state index contributed by atoms with van der Waals surface area (Å²) in [6, 6.07) is 5.53.